The van der Waals surface area contributed by atoms with Gasteiger partial charge in [0.2, 0.25) is 0 Å². The molecular formula is C16H19ClN2O. The molecule has 2 aromatic carbocycles. The highest BCUT2D eigenvalue weighted by Crippen LogP contribution is 2.28. The first-order chi connectivity index (χ1) is 9.65. The summed E-state index contributed by atoms with van der Waals surface area (Å²) in [6, 6.07) is 13.9. The summed E-state index contributed by atoms with van der Waals surface area (Å²) in [6.45, 7) is 1.99. The number of nitrogens with two attached hydrogens (primary N) is 1. The van der Waals surface area contributed by atoms with Crippen molar-refractivity contribution in [1.29, 1.82) is 0 Å². The van der Waals surface area contributed by atoms with Gasteiger partial charge in [0.05, 0.1) is 13.2 Å². The third-order valence-electron chi connectivity index (χ3n) is 3.37. The molecule has 106 valence electrons. The summed E-state index contributed by atoms with van der Waals surface area (Å²) >= 11 is 6.37. The molecule has 20 heavy (non-hydrogen) atoms. The molecule has 4 heteroatoms. The van der Waals surface area contributed by atoms with Gasteiger partial charge >= 0.3 is 0 Å². The van der Waals surface area contributed by atoms with E-state index in [1.807, 2.05) is 43.3 Å². The van der Waals surface area contributed by atoms with Crippen LogP contribution in [-0.4, -0.2) is 7.11 Å². The lowest BCUT2D eigenvalue weighted by molar-refractivity contribution is 0.414. The number of nitrogens with one attached hydrogen (secondary N) is 1. The molecular weight excluding hydrogens is 272 g/mol. The Kier molecular flexibility index (Phi) is 5.01. The number of aryl methyl sites for hydroxylation is 1. The van der Waals surface area contributed by atoms with Gasteiger partial charge in [-0.25, -0.2) is 0 Å². The molecule has 0 aliphatic carbocycles. The van der Waals surface area contributed by atoms with Gasteiger partial charge in [-0.1, -0.05) is 41.9 Å². The topological polar surface area (TPSA) is 47.3 Å². The molecule has 0 heterocycles. The normalized spacial score (nSPS) is 12.2. The summed E-state index contributed by atoms with van der Waals surface area (Å²) < 4.78 is 5.24. The van der Waals surface area contributed by atoms with E-state index >= 15 is 0 Å². The monoisotopic (exact) mass is 290 g/mol. The molecule has 0 amide bonds. The minimum absolute atomic E-state index is 0.0329. The van der Waals surface area contributed by atoms with Crippen LogP contribution in [0.5, 0.6) is 5.75 Å². The minimum Gasteiger partial charge on any atom is -0.497 e. The molecule has 0 fully saturated rings. The van der Waals surface area contributed by atoms with E-state index < -0.39 is 0 Å². The zero-order valence-corrected chi connectivity index (χ0v) is 12.4. The van der Waals surface area contributed by atoms with Crippen molar-refractivity contribution in [2.75, 3.05) is 7.11 Å². The van der Waals surface area contributed by atoms with Crippen LogP contribution in [0.3, 0.4) is 0 Å². The van der Waals surface area contributed by atoms with Crippen molar-refractivity contribution in [2.45, 2.75) is 19.4 Å². The van der Waals surface area contributed by atoms with Crippen LogP contribution in [0.25, 0.3) is 0 Å². The average Bonchev–Trinajstić information content (AvgIpc) is 2.48. The zero-order valence-electron chi connectivity index (χ0n) is 11.7. The Morgan fingerprint density at radius 1 is 1.25 bits per heavy atom. The Bertz CT molecular complexity index is 586. The summed E-state index contributed by atoms with van der Waals surface area (Å²) in [4.78, 5) is 0. The van der Waals surface area contributed by atoms with Gasteiger partial charge in [0.15, 0.2) is 0 Å². The van der Waals surface area contributed by atoms with Crippen molar-refractivity contribution in [3.05, 3.63) is 64.2 Å². The van der Waals surface area contributed by atoms with Crippen LogP contribution in [0.2, 0.25) is 5.02 Å². The highest BCUT2D eigenvalue weighted by atomic mass is 35.5. The number of halogens is 1. The van der Waals surface area contributed by atoms with Gasteiger partial charge in [0.25, 0.3) is 0 Å². The summed E-state index contributed by atoms with van der Waals surface area (Å²) in [5.41, 5.74) is 6.05. The summed E-state index contributed by atoms with van der Waals surface area (Å²) in [5.74, 6) is 6.54. The quantitative estimate of drug-likeness (QED) is 0.655. The largest absolute Gasteiger partial charge is 0.497 e. The number of benzene rings is 2. The molecule has 0 spiro atoms. The number of hydrogen-bond acceptors (Lipinski definition) is 3. The van der Waals surface area contributed by atoms with Gasteiger partial charge in [0, 0.05) is 5.02 Å². The van der Waals surface area contributed by atoms with Crippen LogP contribution in [-0.2, 0) is 6.42 Å². The maximum atomic E-state index is 6.37. The first-order valence-corrected chi connectivity index (χ1v) is 6.87. The number of hydrogen-bond donors (Lipinski definition) is 2. The maximum absolute atomic E-state index is 6.37. The molecule has 3 N–H and O–H groups in total. The Morgan fingerprint density at radius 3 is 2.70 bits per heavy atom. The van der Waals surface area contributed by atoms with Crippen LogP contribution in [0.1, 0.15) is 22.7 Å². The smallest absolute Gasteiger partial charge is 0.119 e. The molecule has 0 aromatic heterocycles. The highest BCUT2D eigenvalue weighted by Gasteiger charge is 2.15. The van der Waals surface area contributed by atoms with Crippen molar-refractivity contribution in [1.82, 2.24) is 5.43 Å². The van der Waals surface area contributed by atoms with Gasteiger partial charge < -0.3 is 4.74 Å². The predicted molar refractivity (Wildman–Crippen MR) is 83.0 cm³/mol. The summed E-state index contributed by atoms with van der Waals surface area (Å²) in [7, 11) is 1.66. The van der Waals surface area contributed by atoms with Gasteiger partial charge in [-0.2, -0.15) is 0 Å². The third kappa shape index (κ3) is 3.31. The van der Waals surface area contributed by atoms with Crippen LogP contribution in [0, 0.1) is 6.92 Å². The van der Waals surface area contributed by atoms with Gasteiger partial charge in [-0.05, 0) is 42.2 Å². The lowest BCUT2D eigenvalue weighted by atomic mass is 9.98. The lowest BCUT2D eigenvalue weighted by Crippen LogP contribution is -2.29. The SMILES string of the molecule is COc1cccc(CC(NN)c2cccc(C)c2Cl)c1. The van der Waals surface area contributed by atoms with Crippen LogP contribution in [0.15, 0.2) is 42.5 Å². The molecule has 0 saturated heterocycles. The average molecular weight is 291 g/mol. The zero-order chi connectivity index (χ0) is 14.5. The van der Waals surface area contributed by atoms with Crippen molar-refractivity contribution in [3.63, 3.8) is 0 Å². The third-order valence-corrected chi connectivity index (χ3v) is 3.89. The fourth-order valence-corrected chi connectivity index (χ4v) is 2.49. The second-order valence-electron chi connectivity index (χ2n) is 4.75. The van der Waals surface area contributed by atoms with E-state index in [1.165, 1.54) is 0 Å². The van der Waals surface area contributed by atoms with Crippen molar-refractivity contribution in [3.8, 4) is 5.75 Å². The van der Waals surface area contributed by atoms with Crippen molar-refractivity contribution < 1.29 is 4.74 Å². The fourth-order valence-electron chi connectivity index (χ4n) is 2.23. The lowest BCUT2D eigenvalue weighted by Gasteiger charge is -2.19. The van der Waals surface area contributed by atoms with E-state index in [1.54, 1.807) is 7.11 Å². The molecule has 2 aromatic rings. The Morgan fingerprint density at radius 2 is 2.00 bits per heavy atom. The van der Waals surface area contributed by atoms with Crippen LogP contribution in [0.4, 0.5) is 0 Å². The molecule has 0 aliphatic rings. The Hall–Kier alpha value is -1.55. The van der Waals surface area contributed by atoms with Crippen molar-refractivity contribution >= 4 is 11.6 Å². The highest BCUT2D eigenvalue weighted by molar-refractivity contribution is 6.32. The van der Waals surface area contributed by atoms with E-state index in [9.17, 15) is 0 Å². The molecule has 3 nitrogen and oxygen atoms in total. The molecule has 0 radical (unpaired) electrons. The molecule has 0 bridgehead atoms. The van der Waals surface area contributed by atoms with Gasteiger partial charge in [-0.3, -0.25) is 11.3 Å². The summed E-state index contributed by atoms with van der Waals surface area (Å²) in [5, 5.41) is 0.762. The second kappa shape index (κ2) is 6.75. The van der Waals surface area contributed by atoms with Gasteiger partial charge in [-0.15, -0.1) is 0 Å². The van der Waals surface area contributed by atoms with Crippen LogP contribution < -0.4 is 16.0 Å². The first-order valence-electron chi connectivity index (χ1n) is 6.49. The van der Waals surface area contributed by atoms with Gasteiger partial charge in [0.1, 0.15) is 5.75 Å². The standard InChI is InChI=1S/C16H19ClN2O/c1-11-5-3-8-14(16(11)17)15(19-18)10-12-6-4-7-13(9-12)20-2/h3-9,15,19H,10,18H2,1-2H3. The Labute approximate surface area is 124 Å². The van der Waals surface area contributed by atoms with Crippen molar-refractivity contribution in [2.24, 2.45) is 5.84 Å². The number of rotatable bonds is 5. The first kappa shape index (κ1) is 14.9. The molecule has 0 saturated carbocycles. The number of ether oxygens (including phenoxy) is 1. The number of methoxy groups -OCH3 is 1. The molecule has 1 unspecified atom stereocenters. The molecule has 0 aliphatic heterocycles. The van der Waals surface area contributed by atoms with E-state index in [-0.39, 0.29) is 6.04 Å². The van der Waals surface area contributed by atoms with E-state index in [2.05, 4.69) is 11.5 Å². The molecule has 2 rings (SSSR count). The molecule has 1 atom stereocenters. The number of hydrazine groups is 1. The fraction of sp³-hybridized carbons (Fsp3) is 0.250. The predicted octanol–water partition coefficient (Wildman–Crippen LogP) is 3.40. The minimum atomic E-state index is -0.0329. The van der Waals surface area contributed by atoms with Crippen LogP contribution >= 0.6 is 11.6 Å². The van der Waals surface area contributed by atoms with E-state index in [4.69, 9.17) is 22.2 Å². The Balaban J connectivity index is 2.26. The second-order valence-corrected chi connectivity index (χ2v) is 5.13. The summed E-state index contributed by atoms with van der Waals surface area (Å²) in [6.07, 6.45) is 0.747. The maximum Gasteiger partial charge on any atom is 0.119 e. The van der Waals surface area contributed by atoms with E-state index in [0.29, 0.717) is 0 Å². The van der Waals surface area contributed by atoms with E-state index in [0.717, 1.165) is 33.9 Å².